The number of hydrogen-bond acceptors (Lipinski definition) is 3. The highest BCUT2D eigenvalue weighted by molar-refractivity contribution is 5.83. The average molecular weight is 335 g/mol. The van der Waals surface area contributed by atoms with E-state index in [-0.39, 0.29) is 5.91 Å². The van der Waals surface area contributed by atoms with E-state index in [2.05, 4.69) is 29.6 Å². The largest absolute Gasteiger partial charge is 0.497 e. The highest BCUT2D eigenvalue weighted by Gasteiger charge is 2.14. The van der Waals surface area contributed by atoms with Crippen molar-refractivity contribution in [2.45, 2.75) is 19.6 Å². The summed E-state index contributed by atoms with van der Waals surface area (Å²) in [6.07, 6.45) is -0.590. The summed E-state index contributed by atoms with van der Waals surface area (Å²) in [7, 11) is 1.60. The first-order valence-electron chi connectivity index (χ1n) is 8.22. The Morgan fingerprint density at radius 2 is 1.72 bits per heavy atom. The van der Waals surface area contributed by atoms with E-state index in [4.69, 9.17) is 9.47 Å². The van der Waals surface area contributed by atoms with E-state index in [9.17, 15) is 4.79 Å². The van der Waals surface area contributed by atoms with Gasteiger partial charge in [0.05, 0.1) is 7.11 Å². The smallest absolute Gasteiger partial charge is 0.261 e. The number of benzene rings is 3. The van der Waals surface area contributed by atoms with E-state index in [1.807, 2.05) is 30.3 Å². The number of fused-ring (bicyclic) bond motifs is 1. The van der Waals surface area contributed by atoms with Crippen LogP contribution in [0.15, 0.2) is 66.7 Å². The first-order chi connectivity index (χ1) is 12.2. The molecular weight excluding hydrogens is 314 g/mol. The van der Waals surface area contributed by atoms with Gasteiger partial charge in [-0.05, 0) is 41.5 Å². The maximum atomic E-state index is 12.3. The molecule has 3 rings (SSSR count). The molecule has 3 aromatic carbocycles. The minimum absolute atomic E-state index is 0.157. The Balaban J connectivity index is 1.58. The number of carbonyl (C=O) groups is 1. The van der Waals surface area contributed by atoms with Crippen molar-refractivity contribution >= 4 is 16.7 Å². The van der Waals surface area contributed by atoms with Crippen LogP contribution in [-0.2, 0) is 11.3 Å². The topological polar surface area (TPSA) is 47.6 Å². The van der Waals surface area contributed by atoms with Crippen LogP contribution < -0.4 is 14.8 Å². The molecule has 0 saturated carbocycles. The van der Waals surface area contributed by atoms with Crippen LogP contribution in [0.2, 0.25) is 0 Å². The van der Waals surface area contributed by atoms with Crippen LogP contribution in [0.5, 0.6) is 11.5 Å². The fourth-order valence-corrected chi connectivity index (χ4v) is 2.61. The van der Waals surface area contributed by atoms with Crippen molar-refractivity contribution in [3.05, 3.63) is 72.3 Å². The Morgan fingerprint density at radius 3 is 2.52 bits per heavy atom. The van der Waals surface area contributed by atoms with E-state index in [1.165, 1.54) is 5.39 Å². The van der Waals surface area contributed by atoms with Gasteiger partial charge in [0.25, 0.3) is 5.91 Å². The third kappa shape index (κ3) is 4.29. The SMILES string of the molecule is COc1cccc(O[C@H](C)C(=O)NCc2ccc3ccccc3c2)c1. The van der Waals surface area contributed by atoms with E-state index < -0.39 is 6.10 Å². The quantitative estimate of drug-likeness (QED) is 0.742. The van der Waals surface area contributed by atoms with Crippen LogP contribution in [0, 0.1) is 0 Å². The molecule has 4 heteroatoms. The van der Waals surface area contributed by atoms with Gasteiger partial charge in [0.2, 0.25) is 0 Å². The molecule has 0 aliphatic carbocycles. The Bertz CT molecular complexity index is 876. The fraction of sp³-hybridized carbons (Fsp3) is 0.190. The molecule has 1 amide bonds. The predicted molar refractivity (Wildman–Crippen MR) is 98.9 cm³/mol. The minimum atomic E-state index is -0.590. The summed E-state index contributed by atoms with van der Waals surface area (Å²) in [5, 5.41) is 5.27. The minimum Gasteiger partial charge on any atom is -0.497 e. The molecule has 0 aliphatic heterocycles. The lowest BCUT2D eigenvalue weighted by atomic mass is 10.1. The van der Waals surface area contributed by atoms with Crippen LogP contribution in [0.25, 0.3) is 10.8 Å². The van der Waals surface area contributed by atoms with Crippen molar-refractivity contribution in [3.63, 3.8) is 0 Å². The summed E-state index contributed by atoms with van der Waals surface area (Å²) < 4.78 is 10.8. The lowest BCUT2D eigenvalue weighted by molar-refractivity contribution is -0.127. The van der Waals surface area contributed by atoms with Crippen molar-refractivity contribution in [2.75, 3.05) is 7.11 Å². The van der Waals surface area contributed by atoms with Gasteiger partial charge in [-0.2, -0.15) is 0 Å². The van der Waals surface area contributed by atoms with Gasteiger partial charge < -0.3 is 14.8 Å². The Labute approximate surface area is 147 Å². The van der Waals surface area contributed by atoms with Gasteiger partial charge in [-0.3, -0.25) is 4.79 Å². The number of hydrogen-bond donors (Lipinski definition) is 1. The first kappa shape index (κ1) is 16.8. The van der Waals surface area contributed by atoms with Crippen LogP contribution in [0.4, 0.5) is 0 Å². The molecule has 0 aromatic heterocycles. The van der Waals surface area contributed by atoms with E-state index in [1.54, 1.807) is 26.2 Å². The van der Waals surface area contributed by atoms with E-state index in [0.29, 0.717) is 18.0 Å². The van der Waals surface area contributed by atoms with Gasteiger partial charge >= 0.3 is 0 Å². The standard InChI is InChI=1S/C21H21NO3/c1-15(25-20-9-5-8-19(13-20)24-2)21(23)22-14-16-10-11-17-6-3-4-7-18(17)12-16/h3-13,15H,14H2,1-2H3,(H,22,23)/t15-/m1/s1. The van der Waals surface area contributed by atoms with Crippen molar-refractivity contribution < 1.29 is 14.3 Å². The summed E-state index contributed by atoms with van der Waals surface area (Å²) in [4.78, 5) is 12.3. The molecule has 0 heterocycles. The average Bonchev–Trinajstić information content (AvgIpc) is 2.66. The lowest BCUT2D eigenvalue weighted by Gasteiger charge is -2.15. The summed E-state index contributed by atoms with van der Waals surface area (Å²) in [5.74, 6) is 1.14. The Morgan fingerprint density at radius 1 is 0.960 bits per heavy atom. The first-order valence-corrected chi connectivity index (χ1v) is 8.22. The molecule has 0 fully saturated rings. The van der Waals surface area contributed by atoms with Gasteiger partial charge in [-0.15, -0.1) is 0 Å². The van der Waals surface area contributed by atoms with Crippen molar-refractivity contribution in [1.82, 2.24) is 5.32 Å². The van der Waals surface area contributed by atoms with E-state index in [0.717, 1.165) is 10.9 Å². The molecule has 3 aromatic rings. The second-order valence-electron chi connectivity index (χ2n) is 5.84. The zero-order valence-corrected chi connectivity index (χ0v) is 14.4. The number of methoxy groups -OCH3 is 1. The second kappa shape index (κ2) is 7.71. The van der Waals surface area contributed by atoms with Crippen molar-refractivity contribution in [3.8, 4) is 11.5 Å². The number of amides is 1. The molecular formula is C21H21NO3. The third-order valence-electron chi connectivity index (χ3n) is 4.00. The molecule has 4 nitrogen and oxygen atoms in total. The van der Waals surface area contributed by atoms with Gasteiger partial charge in [-0.1, -0.05) is 42.5 Å². The van der Waals surface area contributed by atoms with Gasteiger partial charge in [0.15, 0.2) is 6.10 Å². The monoisotopic (exact) mass is 335 g/mol. The van der Waals surface area contributed by atoms with Gasteiger partial charge in [-0.25, -0.2) is 0 Å². The third-order valence-corrected chi connectivity index (χ3v) is 4.00. The number of ether oxygens (including phenoxy) is 2. The zero-order chi connectivity index (χ0) is 17.6. The van der Waals surface area contributed by atoms with Crippen LogP contribution in [0.1, 0.15) is 12.5 Å². The maximum Gasteiger partial charge on any atom is 0.261 e. The lowest BCUT2D eigenvalue weighted by Crippen LogP contribution is -2.35. The summed E-state index contributed by atoms with van der Waals surface area (Å²) >= 11 is 0. The summed E-state index contributed by atoms with van der Waals surface area (Å²) in [6.45, 7) is 2.20. The van der Waals surface area contributed by atoms with Crippen LogP contribution in [0.3, 0.4) is 0 Å². The van der Waals surface area contributed by atoms with Crippen molar-refractivity contribution in [2.24, 2.45) is 0 Å². The highest BCUT2D eigenvalue weighted by atomic mass is 16.5. The summed E-state index contributed by atoms with van der Waals surface area (Å²) in [5.41, 5.74) is 1.06. The molecule has 0 unspecified atom stereocenters. The molecule has 1 atom stereocenters. The summed E-state index contributed by atoms with van der Waals surface area (Å²) in [6, 6.07) is 21.5. The second-order valence-corrected chi connectivity index (χ2v) is 5.84. The molecule has 1 N–H and O–H groups in total. The number of carbonyl (C=O) groups excluding carboxylic acids is 1. The normalized spacial score (nSPS) is 11.8. The predicted octanol–water partition coefficient (Wildman–Crippen LogP) is 3.93. The molecule has 0 aliphatic rings. The molecule has 0 bridgehead atoms. The Kier molecular flexibility index (Phi) is 5.19. The number of rotatable bonds is 6. The van der Waals surface area contributed by atoms with Crippen molar-refractivity contribution in [1.29, 1.82) is 0 Å². The maximum absolute atomic E-state index is 12.3. The molecule has 128 valence electrons. The van der Waals surface area contributed by atoms with Gasteiger partial charge in [0, 0.05) is 12.6 Å². The highest BCUT2D eigenvalue weighted by Crippen LogP contribution is 2.20. The molecule has 0 spiro atoms. The molecule has 25 heavy (non-hydrogen) atoms. The zero-order valence-electron chi connectivity index (χ0n) is 14.4. The molecule has 0 radical (unpaired) electrons. The van der Waals surface area contributed by atoms with Crippen LogP contribution in [-0.4, -0.2) is 19.1 Å². The van der Waals surface area contributed by atoms with E-state index >= 15 is 0 Å². The molecule has 0 saturated heterocycles. The Hall–Kier alpha value is -3.01. The number of nitrogens with one attached hydrogen (secondary N) is 1. The van der Waals surface area contributed by atoms with Gasteiger partial charge in [0.1, 0.15) is 11.5 Å². The fourth-order valence-electron chi connectivity index (χ4n) is 2.61. The van der Waals surface area contributed by atoms with Crippen LogP contribution >= 0.6 is 0 Å².